The second-order valence-electron chi connectivity index (χ2n) is 6.10. The summed E-state index contributed by atoms with van der Waals surface area (Å²) in [6.07, 6.45) is 2.98. The summed E-state index contributed by atoms with van der Waals surface area (Å²) in [6.45, 7) is 12.3. The van der Waals surface area contributed by atoms with E-state index in [1.807, 2.05) is 13.8 Å². The Bertz CT molecular complexity index is 310. The molecule has 118 valence electrons. The van der Waals surface area contributed by atoms with E-state index in [-0.39, 0.29) is 12.2 Å². The summed E-state index contributed by atoms with van der Waals surface area (Å²) in [4.78, 5) is 0. The monoisotopic (exact) mass is 286 g/mol. The molecular weight excluding hydrogens is 256 g/mol. The molecule has 0 radical (unpaired) electrons. The predicted octanol–water partition coefficient (Wildman–Crippen LogP) is 2.90. The molecule has 1 aliphatic heterocycles. The third-order valence-electron chi connectivity index (χ3n) is 4.53. The second kappa shape index (κ2) is 7.03. The molecule has 0 spiro atoms. The van der Waals surface area contributed by atoms with Gasteiger partial charge in [0.1, 0.15) is 6.10 Å². The maximum absolute atomic E-state index is 10.3. The molecule has 1 heterocycles. The van der Waals surface area contributed by atoms with E-state index in [0.717, 1.165) is 12.8 Å². The Morgan fingerprint density at radius 2 is 2.05 bits per heavy atom. The van der Waals surface area contributed by atoms with Crippen molar-refractivity contribution in [3.8, 4) is 0 Å². The summed E-state index contributed by atoms with van der Waals surface area (Å²) in [7, 11) is 1.66. The largest absolute Gasteiger partial charge is 0.392 e. The van der Waals surface area contributed by atoms with Gasteiger partial charge in [0.05, 0.1) is 18.8 Å². The lowest BCUT2D eigenvalue weighted by atomic mass is 9.77. The van der Waals surface area contributed by atoms with Crippen LogP contribution in [0, 0.1) is 5.41 Å². The molecule has 0 saturated carbocycles. The molecule has 3 atom stereocenters. The van der Waals surface area contributed by atoms with Crippen molar-refractivity contribution in [2.75, 3.05) is 13.7 Å². The van der Waals surface area contributed by atoms with E-state index in [2.05, 4.69) is 20.4 Å². The van der Waals surface area contributed by atoms with Gasteiger partial charge in [-0.3, -0.25) is 0 Å². The fourth-order valence-corrected chi connectivity index (χ4v) is 2.93. The topological polar surface area (TPSA) is 47.9 Å². The first-order chi connectivity index (χ1) is 9.36. The number of rotatable bonds is 8. The van der Waals surface area contributed by atoms with Gasteiger partial charge in [-0.2, -0.15) is 0 Å². The molecule has 0 aliphatic carbocycles. The zero-order chi connectivity index (χ0) is 15.4. The lowest BCUT2D eigenvalue weighted by Gasteiger charge is -2.40. The zero-order valence-electron chi connectivity index (χ0n) is 13.5. The van der Waals surface area contributed by atoms with Crippen LogP contribution in [0.15, 0.2) is 12.7 Å². The van der Waals surface area contributed by atoms with E-state index in [1.54, 1.807) is 13.2 Å². The molecule has 1 fully saturated rings. The van der Waals surface area contributed by atoms with Crippen molar-refractivity contribution in [2.45, 2.75) is 71.1 Å². The van der Waals surface area contributed by atoms with Gasteiger partial charge in [-0.1, -0.05) is 33.8 Å². The third-order valence-corrected chi connectivity index (χ3v) is 4.53. The summed E-state index contributed by atoms with van der Waals surface area (Å²) >= 11 is 0. The van der Waals surface area contributed by atoms with E-state index < -0.39 is 17.3 Å². The Labute approximate surface area is 123 Å². The average molecular weight is 286 g/mol. The van der Waals surface area contributed by atoms with Crippen LogP contribution in [0.2, 0.25) is 0 Å². The number of methoxy groups -OCH3 is 1. The fourth-order valence-electron chi connectivity index (χ4n) is 2.93. The summed E-state index contributed by atoms with van der Waals surface area (Å²) in [5.74, 6) is -0.499. The molecule has 4 heteroatoms. The van der Waals surface area contributed by atoms with Crippen LogP contribution < -0.4 is 0 Å². The average Bonchev–Trinajstić information content (AvgIpc) is 2.84. The molecule has 4 nitrogen and oxygen atoms in total. The van der Waals surface area contributed by atoms with E-state index in [1.165, 1.54) is 0 Å². The first-order valence-corrected chi connectivity index (χ1v) is 7.50. The number of hydrogen-bond donors (Lipinski definition) is 1. The standard InChI is InChI=1S/C16H30O4/c1-7-10-13(17)15(4,5)14(18-6)12-11-19-16(8-2,9-3)20-12/h7,12-14,17H,1,8-11H2,2-6H3/t12-,13-,14-/m1/s1. The molecule has 20 heavy (non-hydrogen) atoms. The van der Waals surface area contributed by atoms with Crippen molar-refractivity contribution in [3.05, 3.63) is 12.7 Å². The molecule has 0 unspecified atom stereocenters. The quantitative estimate of drug-likeness (QED) is 0.697. The Kier molecular flexibility index (Phi) is 6.20. The fraction of sp³-hybridized carbons (Fsp3) is 0.875. The van der Waals surface area contributed by atoms with Crippen LogP contribution in [-0.4, -0.2) is 42.9 Å². The van der Waals surface area contributed by atoms with Gasteiger partial charge in [-0.05, 0) is 19.3 Å². The van der Waals surface area contributed by atoms with Crippen molar-refractivity contribution in [2.24, 2.45) is 5.41 Å². The van der Waals surface area contributed by atoms with Gasteiger partial charge in [0, 0.05) is 12.5 Å². The van der Waals surface area contributed by atoms with Crippen LogP contribution in [0.5, 0.6) is 0 Å². The summed E-state index contributed by atoms with van der Waals surface area (Å²) in [5.41, 5.74) is -0.436. The van der Waals surface area contributed by atoms with Gasteiger partial charge in [0.25, 0.3) is 0 Å². The Morgan fingerprint density at radius 3 is 2.45 bits per heavy atom. The first-order valence-electron chi connectivity index (χ1n) is 7.50. The highest BCUT2D eigenvalue weighted by molar-refractivity contribution is 4.95. The zero-order valence-corrected chi connectivity index (χ0v) is 13.5. The van der Waals surface area contributed by atoms with E-state index in [0.29, 0.717) is 13.0 Å². The lowest BCUT2D eigenvalue weighted by molar-refractivity contribution is -0.198. The molecule has 1 saturated heterocycles. The molecule has 1 N–H and O–H groups in total. The summed E-state index contributed by atoms with van der Waals surface area (Å²) in [5, 5.41) is 10.3. The highest BCUT2D eigenvalue weighted by atomic mass is 16.8. The van der Waals surface area contributed by atoms with Crippen LogP contribution >= 0.6 is 0 Å². The van der Waals surface area contributed by atoms with Gasteiger partial charge < -0.3 is 19.3 Å². The van der Waals surface area contributed by atoms with Crippen LogP contribution in [0.1, 0.15) is 47.0 Å². The Hall–Kier alpha value is -0.420. The van der Waals surface area contributed by atoms with Crippen LogP contribution in [-0.2, 0) is 14.2 Å². The van der Waals surface area contributed by atoms with E-state index in [9.17, 15) is 5.11 Å². The van der Waals surface area contributed by atoms with Crippen LogP contribution in [0.3, 0.4) is 0 Å². The van der Waals surface area contributed by atoms with Gasteiger partial charge >= 0.3 is 0 Å². The molecule has 0 aromatic heterocycles. The summed E-state index contributed by atoms with van der Waals surface area (Å²) in [6, 6.07) is 0. The second-order valence-corrected chi connectivity index (χ2v) is 6.10. The SMILES string of the molecule is C=CC[C@@H](O)C(C)(C)[C@H](OC)[C@H]1COC(CC)(CC)O1. The van der Waals surface area contributed by atoms with Crippen molar-refractivity contribution in [1.82, 2.24) is 0 Å². The van der Waals surface area contributed by atoms with Crippen LogP contribution in [0.25, 0.3) is 0 Å². The van der Waals surface area contributed by atoms with Crippen LogP contribution in [0.4, 0.5) is 0 Å². The number of ether oxygens (including phenoxy) is 3. The molecule has 0 aromatic carbocycles. The molecule has 0 aromatic rings. The minimum atomic E-state index is -0.521. The Balaban J connectivity index is 2.84. The highest BCUT2D eigenvalue weighted by Crippen LogP contribution is 2.39. The third kappa shape index (κ3) is 3.42. The minimum absolute atomic E-state index is 0.158. The summed E-state index contributed by atoms with van der Waals surface area (Å²) < 4.78 is 17.6. The molecule has 0 amide bonds. The van der Waals surface area contributed by atoms with Gasteiger partial charge in [0.15, 0.2) is 5.79 Å². The maximum atomic E-state index is 10.3. The van der Waals surface area contributed by atoms with Crippen molar-refractivity contribution < 1.29 is 19.3 Å². The van der Waals surface area contributed by atoms with E-state index >= 15 is 0 Å². The predicted molar refractivity (Wildman–Crippen MR) is 79.5 cm³/mol. The highest BCUT2D eigenvalue weighted by Gasteiger charge is 2.48. The molecule has 1 rings (SSSR count). The first kappa shape index (κ1) is 17.6. The number of aliphatic hydroxyl groups is 1. The number of aliphatic hydroxyl groups excluding tert-OH is 1. The van der Waals surface area contributed by atoms with Crippen molar-refractivity contribution in [1.29, 1.82) is 0 Å². The van der Waals surface area contributed by atoms with Gasteiger partial charge in [0.2, 0.25) is 0 Å². The van der Waals surface area contributed by atoms with Crippen molar-refractivity contribution in [3.63, 3.8) is 0 Å². The smallest absolute Gasteiger partial charge is 0.168 e. The van der Waals surface area contributed by atoms with E-state index in [4.69, 9.17) is 14.2 Å². The van der Waals surface area contributed by atoms with Gasteiger partial charge in [-0.25, -0.2) is 0 Å². The molecule has 0 bridgehead atoms. The number of hydrogen-bond acceptors (Lipinski definition) is 4. The molecule has 1 aliphatic rings. The minimum Gasteiger partial charge on any atom is -0.392 e. The Morgan fingerprint density at radius 1 is 1.45 bits per heavy atom. The lowest BCUT2D eigenvalue weighted by Crippen LogP contribution is -2.49. The van der Waals surface area contributed by atoms with Crippen molar-refractivity contribution >= 4 is 0 Å². The molecular formula is C16H30O4. The van der Waals surface area contributed by atoms with Gasteiger partial charge in [-0.15, -0.1) is 6.58 Å². The maximum Gasteiger partial charge on any atom is 0.168 e. The normalized spacial score (nSPS) is 25.4.